The number of halogens is 2. The molecule has 1 atom stereocenters. The fourth-order valence-corrected chi connectivity index (χ4v) is 3.14. The van der Waals surface area contributed by atoms with E-state index in [0.29, 0.717) is 11.4 Å². The second-order valence-electron chi connectivity index (χ2n) is 5.66. The van der Waals surface area contributed by atoms with Crippen molar-refractivity contribution in [2.24, 2.45) is 0 Å². The molecule has 0 fully saturated rings. The largest absolute Gasteiger partial charge is 0.314 e. The Morgan fingerprint density at radius 2 is 1.86 bits per heavy atom. The van der Waals surface area contributed by atoms with Gasteiger partial charge >= 0.3 is 0 Å². The topological polar surface area (TPSA) is 20.3 Å². The molecule has 0 N–H and O–H groups in total. The standard InChI is InChI=1S/C17H15ClFNO/c1-17(10-11-3-5-12(18)6-4-11)14-9-13(19)7-8-15(14)20(2)16(17)21/h3-9H,10H2,1-2H3. The summed E-state index contributed by atoms with van der Waals surface area (Å²) in [5.41, 5.74) is 1.77. The maximum absolute atomic E-state index is 13.6. The molecule has 1 aliphatic heterocycles. The summed E-state index contributed by atoms with van der Waals surface area (Å²) in [6.07, 6.45) is 0.518. The van der Waals surface area contributed by atoms with Gasteiger partial charge in [0.15, 0.2) is 0 Å². The van der Waals surface area contributed by atoms with E-state index in [0.717, 1.165) is 16.8 Å². The van der Waals surface area contributed by atoms with Crippen molar-refractivity contribution in [2.45, 2.75) is 18.8 Å². The van der Waals surface area contributed by atoms with Gasteiger partial charge in [-0.1, -0.05) is 23.7 Å². The number of benzene rings is 2. The van der Waals surface area contributed by atoms with Crippen LogP contribution in [0.3, 0.4) is 0 Å². The number of anilines is 1. The number of fused-ring (bicyclic) bond motifs is 1. The molecule has 1 aliphatic rings. The van der Waals surface area contributed by atoms with Gasteiger partial charge in [-0.25, -0.2) is 4.39 Å². The van der Waals surface area contributed by atoms with Crippen LogP contribution in [-0.2, 0) is 16.6 Å². The molecule has 2 nitrogen and oxygen atoms in total. The highest BCUT2D eigenvalue weighted by Gasteiger charge is 2.46. The monoisotopic (exact) mass is 303 g/mol. The number of nitrogens with zero attached hydrogens (tertiary/aromatic N) is 1. The summed E-state index contributed by atoms with van der Waals surface area (Å²) in [5, 5.41) is 0.658. The highest BCUT2D eigenvalue weighted by molar-refractivity contribution is 6.30. The molecule has 0 aliphatic carbocycles. The molecule has 4 heteroatoms. The molecular weight excluding hydrogens is 289 g/mol. The van der Waals surface area contributed by atoms with Crippen LogP contribution in [0.1, 0.15) is 18.1 Å². The van der Waals surface area contributed by atoms with E-state index in [1.165, 1.54) is 12.1 Å². The minimum absolute atomic E-state index is 0.0157. The molecule has 0 aromatic heterocycles. The van der Waals surface area contributed by atoms with Crippen molar-refractivity contribution in [3.63, 3.8) is 0 Å². The van der Waals surface area contributed by atoms with Crippen LogP contribution in [0.4, 0.5) is 10.1 Å². The van der Waals surface area contributed by atoms with Gasteiger partial charge < -0.3 is 4.90 Å². The summed E-state index contributed by atoms with van der Waals surface area (Å²) in [4.78, 5) is 14.2. The van der Waals surface area contributed by atoms with Crippen molar-refractivity contribution in [2.75, 3.05) is 11.9 Å². The van der Waals surface area contributed by atoms with Gasteiger partial charge in [0.25, 0.3) is 0 Å². The average molecular weight is 304 g/mol. The zero-order valence-electron chi connectivity index (χ0n) is 11.9. The summed E-state index contributed by atoms with van der Waals surface area (Å²) in [5.74, 6) is -0.336. The predicted octanol–water partition coefficient (Wildman–Crippen LogP) is 3.96. The SMILES string of the molecule is CN1C(=O)C(C)(Cc2ccc(Cl)cc2)c2cc(F)ccc21. The van der Waals surface area contributed by atoms with Crippen LogP contribution in [0, 0.1) is 5.82 Å². The molecule has 0 bridgehead atoms. The van der Waals surface area contributed by atoms with Crippen LogP contribution in [0.5, 0.6) is 0 Å². The Bertz CT molecular complexity index is 713. The zero-order valence-corrected chi connectivity index (χ0v) is 12.6. The molecular formula is C17H15ClFNO. The Balaban J connectivity index is 2.06. The van der Waals surface area contributed by atoms with Gasteiger partial charge in [-0.3, -0.25) is 4.79 Å². The average Bonchev–Trinajstić information content (AvgIpc) is 2.64. The highest BCUT2D eigenvalue weighted by Crippen LogP contribution is 2.43. The van der Waals surface area contributed by atoms with E-state index in [-0.39, 0.29) is 11.7 Å². The summed E-state index contributed by atoms with van der Waals surface area (Å²) in [7, 11) is 1.73. The number of carbonyl (C=O) groups excluding carboxylic acids is 1. The molecule has 0 saturated heterocycles. The molecule has 21 heavy (non-hydrogen) atoms. The lowest BCUT2D eigenvalue weighted by Crippen LogP contribution is -2.37. The number of likely N-dealkylation sites (N-methyl/N-ethyl adjacent to an activating group) is 1. The number of amides is 1. The van der Waals surface area contributed by atoms with E-state index in [4.69, 9.17) is 11.6 Å². The molecule has 3 rings (SSSR count). The zero-order chi connectivity index (χ0) is 15.2. The molecule has 1 unspecified atom stereocenters. The molecule has 2 aromatic rings. The van der Waals surface area contributed by atoms with E-state index in [9.17, 15) is 9.18 Å². The van der Waals surface area contributed by atoms with Crippen LogP contribution in [-0.4, -0.2) is 13.0 Å². The molecule has 0 radical (unpaired) electrons. The van der Waals surface area contributed by atoms with Crippen LogP contribution in [0.2, 0.25) is 5.02 Å². The maximum Gasteiger partial charge on any atom is 0.237 e. The van der Waals surface area contributed by atoms with Crippen LogP contribution in [0.25, 0.3) is 0 Å². The van der Waals surface area contributed by atoms with E-state index < -0.39 is 5.41 Å². The fourth-order valence-electron chi connectivity index (χ4n) is 3.02. The normalized spacial score (nSPS) is 20.8. The van der Waals surface area contributed by atoms with Crippen molar-refractivity contribution in [3.05, 3.63) is 64.4 Å². The van der Waals surface area contributed by atoms with Crippen molar-refractivity contribution < 1.29 is 9.18 Å². The third kappa shape index (κ3) is 2.22. The summed E-state index contributed by atoms with van der Waals surface area (Å²) >= 11 is 5.89. The van der Waals surface area contributed by atoms with Gasteiger partial charge in [0.2, 0.25) is 5.91 Å². The summed E-state index contributed by atoms with van der Waals surface area (Å²) in [6, 6.07) is 11.9. The van der Waals surface area contributed by atoms with E-state index >= 15 is 0 Å². The number of rotatable bonds is 2. The van der Waals surface area contributed by atoms with Crippen LogP contribution < -0.4 is 4.90 Å². The van der Waals surface area contributed by atoms with Gasteiger partial charge in [0.05, 0.1) is 5.41 Å². The first-order valence-corrected chi connectivity index (χ1v) is 7.12. The molecule has 0 spiro atoms. The summed E-state index contributed by atoms with van der Waals surface area (Å²) in [6.45, 7) is 1.87. The van der Waals surface area contributed by atoms with E-state index in [1.807, 2.05) is 19.1 Å². The lowest BCUT2D eigenvalue weighted by molar-refractivity contribution is -0.122. The molecule has 1 amide bonds. The Morgan fingerprint density at radius 1 is 1.19 bits per heavy atom. The van der Waals surface area contributed by atoms with Gasteiger partial charge in [-0.05, 0) is 54.8 Å². The first-order chi connectivity index (χ1) is 9.91. The van der Waals surface area contributed by atoms with E-state index in [2.05, 4.69) is 0 Å². The third-order valence-electron chi connectivity index (χ3n) is 4.16. The number of hydrogen-bond donors (Lipinski definition) is 0. The molecule has 2 aromatic carbocycles. The highest BCUT2D eigenvalue weighted by atomic mass is 35.5. The number of hydrogen-bond acceptors (Lipinski definition) is 1. The Labute approximate surface area is 128 Å². The van der Waals surface area contributed by atoms with Gasteiger partial charge in [-0.2, -0.15) is 0 Å². The van der Waals surface area contributed by atoms with Crippen molar-refractivity contribution in [1.82, 2.24) is 0 Å². The first kappa shape index (κ1) is 14.1. The Kier molecular flexibility index (Phi) is 3.25. The first-order valence-electron chi connectivity index (χ1n) is 6.74. The smallest absolute Gasteiger partial charge is 0.237 e. The maximum atomic E-state index is 13.6. The van der Waals surface area contributed by atoms with Crippen LogP contribution >= 0.6 is 11.6 Å². The Hall–Kier alpha value is -1.87. The van der Waals surface area contributed by atoms with E-state index in [1.54, 1.807) is 30.1 Å². The lowest BCUT2D eigenvalue weighted by Gasteiger charge is -2.23. The Morgan fingerprint density at radius 3 is 2.52 bits per heavy atom. The minimum atomic E-state index is -0.750. The van der Waals surface area contributed by atoms with Gasteiger partial charge in [0, 0.05) is 17.8 Å². The minimum Gasteiger partial charge on any atom is -0.314 e. The predicted molar refractivity (Wildman–Crippen MR) is 82.3 cm³/mol. The van der Waals surface area contributed by atoms with Crippen molar-refractivity contribution >= 4 is 23.2 Å². The van der Waals surface area contributed by atoms with Gasteiger partial charge in [-0.15, -0.1) is 0 Å². The second-order valence-corrected chi connectivity index (χ2v) is 6.10. The number of carbonyl (C=O) groups is 1. The van der Waals surface area contributed by atoms with Gasteiger partial charge in [0.1, 0.15) is 5.82 Å². The molecule has 1 heterocycles. The lowest BCUT2D eigenvalue weighted by atomic mass is 9.78. The quantitative estimate of drug-likeness (QED) is 0.822. The van der Waals surface area contributed by atoms with Crippen molar-refractivity contribution in [3.8, 4) is 0 Å². The molecule has 108 valence electrons. The second kappa shape index (κ2) is 4.85. The van der Waals surface area contributed by atoms with Crippen LogP contribution in [0.15, 0.2) is 42.5 Å². The molecule has 0 saturated carbocycles. The summed E-state index contributed by atoms with van der Waals surface area (Å²) < 4.78 is 13.6. The fraction of sp³-hybridized carbons (Fsp3) is 0.235. The third-order valence-corrected chi connectivity index (χ3v) is 4.41. The van der Waals surface area contributed by atoms with Crippen molar-refractivity contribution in [1.29, 1.82) is 0 Å².